The highest BCUT2D eigenvalue weighted by molar-refractivity contribution is 5.88. The van der Waals surface area contributed by atoms with Crippen LogP contribution >= 0.6 is 0 Å². The van der Waals surface area contributed by atoms with Crippen LogP contribution in [0.2, 0.25) is 0 Å². The molecule has 1 N–H and O–H groups in total. The van der Waals surface area contributed by atoms with E-state index in [0.29, 0.717) is 49.5 Å². The third-order valence-electron chi connectivity index (χ3n) is 5.37. The number of halogens is 2. The van der Waals surface area contributed by atoms with Crippen LogP contribution in [0.4, 0.5) is 26.0 Å². The van der Waals surface area contributed by atoms with Gasteiger partial charge in [-0.1, -0.05) is 18.2 Å². The van der Waals surface area contributed by atoms with Crippen LogP contribution in [0.3, 0.4) is 0 Å². The van der Waals surface area contributed by atoms with Crippen LogP contribution in [-0.2, 0) is 9.59 Å². The molecule has 0 bridgehead atoms. The number of aromatic nitrogens is 1. The third kappa shape index (κ3) is 4.67. The number of pyridine rings is 1. The topological polar surface area (TPSA) is 77.0 Å². The predicted octanol–water partition coefficient (Wildman–Crippen LogP) is 3.17. The van der Waals surface area contributed by atoms with E-state index < -0.39 is 18.9 Å². The second-order valence-electron chi connectivity index (χ2n) is 7.16. The Hall–Kier alpha value is -3.23. The van der Waals surface area contributed by atoms with Crippen LogP contribution < -0.4 is 14.7 Å². The van der Waals surface area contributed by atoms with E-state index in [9.17, 15) is 18.4 Å². The Bertz CT molecular complexity index is 888. The van der Waals surface area contributed by atoms with Crippen LogP contribution in [0.15, 0.2) is 42.6 Å². The van der Waals surface area contributed by atoms with Crippen molar-refractivity contribution in [1.82, 2.24) is 4.98 Å². The first-order valence-corrected chi connectivity index (χ1v) is 9.66. The van der Waals surface area contributed by atoms with Gasteiger partial charge in [0.05, 0.1) is 5.69 Å². The first-order valence-electron chi connectivity index (χ1n) is 9.66. The maximum Gasteiger partial charge on any atom is 0.323 e. The number of para-hydroxylation sites is 1. The lowest BCUT2D eigenvalue weighted by molar-refractivity contribution is -0.136. The van der Waals surface area contributed by atoms with Gasteiger partial charge in [-0.2, -0.15) is 0 Å². The molecule has 2 aromatic rings. The Kier molecular flexibility index (Phi) is 6.81. The first kappa shape index (κ1) is 21.5. The lowest BCUT2D eigenvalue weighted by Gasteiger charge is -2.39. The molecule has 160 valence electrons. The van der Waals surface area contributed by atoms with Gasteiger partial charge in [-0.15, -0.1) is 0 Å². The molecule has 0 radical (unpaired) electrons. The van der Waals surface area contributed by atoms with Gasteiger partial charge in [0.15, 0.2) is 5.82 Å². The standard InChI is InChI=1S/C21H24F2N4O3/c1-25(21-18(7-4-10-24-21)27(14-28)13-19(29)30)15-8-11-26(12-9-15)17-6-3-2-5-16(17)20(22)23/h2-7,10,14-15,20H,8-9,11-13H2,1H3,(H,29,30). The fraction of sp³-hybridized carbons (Fsp3) is 0.381. The van der Waals surface area contributed by atoms with Gasteiger partial charge in [-0.25, -0.2) is 13.8 Å². The van der Waals surface area contributed by atoms with Crippen molar-refractivity contribution < 1.29 is 23.5 Å². The smallest absolute Gasteiger partial charge is 0.323 e. The second-order valence-corrected chi connectivity index (χ2v) is 7.16. The summed E-state index contributed by atoms with van der Waals surface area (Å²) in [7, 11) is 1.85. The van der Waals surface area contributed by atoms with Crippen molar-refractivity contribution in [3.63, 3.8) is 0 Å². The average Bonchev–Trinajstić information content (AvgIpc) is 2.77. The number of alkyl halides is 2. The SMILES string of the molecule is CN(c1ncccc1N(C=O)CC(=O)O)C1CCN(c2ccccc2C(F)F)CC1. The van der Waals surface area contributed by atoms with Crippen molar-refractivity contribution >= 4 is 29.6 Å². The molecular weight excluding hydrogens is 394 g/mol. The number of carbonyl (C=O) groups is 2. The number of carbonyl (C=O) groups excluding carboxylic acids is 1. The summed E-state index contributed by atoms with van der Waals surface area (Å²) in [6.45, 7) is 0.750. The number of aliphatic carboxylic acids is 1. The Morgan fingerprint density at radius 1 is 1.27 bits per heavy atom. The summed E-state index contributed by atoms with van der Waals surface area (Å²) < 4.78 is 26.7. The highest BCUT2D eigenvalue weighted by Gasteiger charge is 2.28. The van der Waals surface area contributed by atoms with Gasteiger partial charge in [0.25, 0.3) is 6.43 Å². The summed E-state index contributed by atoms with van der Waals surface area (Å²) in [5.41, 5.74) is 1.01. The Morgan fingerprint density at radius 2 is 1.97 bits per heavy atom. The molecule has 1 saturated heterocycles. The fourth-order valence-corrected chi connectivity index (χ4v) is 3.84. The molecule has 7 nitrogen and oxygen atoms in total. The van der Waals surface area contributed by atoms with Crippen LogP contribution in [0.1, 0.15) is 24.8 Å². The van der Waals surface area contributed by atoms with E-state index in [1.165, 1.54) is 6.07 Å². The molecule has 1 amide bonds. The number of benzene rings is 1. The summed E-state index contributed by atoms with van der Waals surface area (Å²) in [6, 6.07) is 9.93. The molecule has 1 aliphatic rings. The van der Waals surface area contributed by atoms with Gasteiger partial charge in [0.2, 0.25) is 6.41 Å². The highest BCUT2D eigenvalue weighted by Crippen LogP contribution is 2.33. The fourth-order valence-electron chi connectivity index (χ4n) is 3.84. The molecule has 0 aliphatic carbocycles. The van der Waals surface area contributed by atoms with Crippen LogP contribution in [0.25, 0.3) is 0 Å². The monoisotopic (exact) mass is 418 g/mol. The van der Waals surface area contributed by atoms with Crippen LogP contribution in [-0.4, -0.2) is 55.2 Å². The lowest BCUT2D eigenvalue weighted by atomic mass is 10.0. The minimum Gasteiger partial charge on any atom is -0.480 e. The summed E-state index contributed by atoms with van der Waals surface area (Å²) in [6.07, 6.45) is 0.967. The van der Waals surface area contributed by atoms with E-state index >= 15 is 0 Å². The van der Waals surface area contributed by atoms with E-state index in [2.05, 4.69) is 4.98 Å². The molecule has 9 heteroatoms. The van der Waals surface area contributed by atoms with Crippen molar-refractivity contribution in [3.05, 3.63) is 48.2 Å². The van der Waals surface area contributed by atoms with Crippen LogP contribution in [0, 0.1) is 0 Å². The zero-order chi connectivity index (χ0) is 21.7. The van der Waals surface area contributed by atoms with Gasteiger partial charge < -0.3 is 19.8 Å². The number of amides is 1. The molecule has 0 atom stereocenters. The number of rotatable bonds is 8. The number of hydrogen-bond donors (Lipinski definition) is 1. The molecule has 1 aromatic heterocycles. The minimum atomic E-state index is -2.53. The highest BCUT2D eigenvalue weighted by atomic mass is 19.3. The number of hydrogen-bond acceptors (Lipinski definition) is 5. The number of carboxylic acid groups (broad SMARTS) is 1. The molecule has 30 heavy (non-hydrogen) atoms. The van der Waals surface area contributed by atoms with E-state index in [1.807, 2.05) is 16.8 Å². The maximum atomic E-state index is 13.3. The number of carboxylic acids is 1. The Labute approximate surface area is 173 Å². The van der Waals surface area contributed by atoms with Gasteiger partial charge in [-0.05, 0) is 31.0 Å². The number of nitrogens with zero attached hydrogens (tertiary/aromatic N) is 4. The second kappa shape index (κ2) is 9.51. The summed E-state index contributed by atoms with van der Waals surface area (Å²) in [5, 5.41) is 9.06. The molecular formula is C21H24F2N4O3. The lowest BCUT2D eigenvalue weighted by Crippen LogP contribution is -2.44. The summed E-state index contributed by atoms with van der Waals surface area (Å²) in [4.78, 5) is 31.9. The first-order chi connectivity index (χ1) is 14.4. The average molecular weight is 418 g/mol. The van der Waals surface area contributed by atoms with Gasteiger partial charge in [0.1, 0.15) is 6.54 Å². The zero-order valence-corrected chi connectivity index (χ0v) is 16.6. The van der Waals surface area contributed by atoms with Crippen molar-refractivity contribution in [2.75, 3.05) is 41.4 Å². The van der Waals surface area contributed by atoms with E-state index in [0.717, 1.165) is 4.90 Å². The molecule has 0 spiro atoms. The van der Waals surface area contributed by atoms with Crippen molar-refractivity contribution in [3.8, 4) is 0 Å². The van der Waals surface area contributed by atoms with Crippen molar-refractivity contribution in [2.24, 2.45) is 0 Å². The van der Waals surface area contributed by atoms with Crippen molar-refractivity contribution in [1.29, 1.82) is 0 Å². The third-order valence-corrected chi connectivity index (χ3v) is 5.37. The largest absolute Gasteiger partial charge is 0.480 e. The zero-order valence-electron chi connectivity index (χ0n) is 16.6. The van der Waals surface area contributed by atoms with Gasteiger partial charge >= 0.3 is 5.97 Å². The van der Waals surface area contributed by atoms with E-state index in [4.69, 9.17) is 5.11 Å². The normalized spacial score (nSPS) is 14.6. The molecule has 1 aliphatic heterocycles. The van der Waals surface area contributed by atoms with Crippen molar-refractivity contribution in [2.45, 2.75) is 25.3 Å². The maximum absolute atomic E-state index is 13.3. The van der Waals surface area contributed by atoms with E-state index in [1.54, 1.807) is 36.5 Å². The van der Waals surface area contributed by atoms with Gasteiger partial charge in [0, 0.05) is 43.6 Å². The number of anilines is 3. The Morgan fingerprint density at radius 3 is 2.60 bits per heavy atom. The summed E-state index contributed by atoms with van der Waals surface area (Å²) >= 11 is 0. The predicted molar refractivity (Wildman–Crippen MR) is 110 cm³/mol. The molecule has 3 rings (SSSR count). The van der Waals surface area contributed by atoms with E-state index in [-0.39, 0.29) is 11.6 Å². The minimum absolute atomic E-state index is 0.0339. The quantitative estimate of drug-likeness (QED) is 0.664. The van der Waals surface area contributed by atoms with Gasteiger partial charge in [-0.3, -0.25) is 9.59 Å². The number of piperidine rings is 1. The summed E-state index contributed by atoms with van der Waals surface area (Å²) in [5.74, 6) is -0.608. The Balaban J connectivity index is 1.74. The molecule has 1 fully saturated rings. The van der Waals surface area contributed by atoms with Crippen LogP contribution in [0.5, 0.6) is 0 Å². The molecule has 2 heterocycles. The molecule has 0 unspecified atom stereocenters. The molecule has 0 saturated carbocycles. The molecule has 1 aromatic carbocycles.